The Morgan fingerprint density at radius 3 is 2.12 bits per heavy atom. The van der Waals surface area contributed by atoms with Crippen LogP contribution in [0.15, 0.2) is 0 Å². The summed E-state index contributed by atoms with van der Waals surface area (Å²) in [5.74, 6) is -1.34. The number of nitrogens with one attached hydrogen (secondary N) is 2. The minimum atomic E-state index is -4.07. The van der Waals surface area contributed by atoms with Crippen molar-refractivity contribution in [1.82, 2.24) is 10.6 Å². The number of hydrogen-bond acceptors (Lipinski definition) is 2. The number of fused-ring (bicyclic) bond motifs is 1. The summed E-state index contributed by atoms with van der Waals surface area (Å²) in [7, 11) is 0. The minimum Gasteiger partial charge on any atom is -0.312 e. The highest BCUT2D eigenvalue weighted by molar-refractivity contribution is 5.02. The molecule has 2 aliphatic heterocycles. The molecule has 0 aromatic heterocycles. The molecule has 0 aromatic carbocycles. The molecule has 5 heteroatoms. The predicted octanol–water partition coefficient (Wildman–Crippen LogP) is 2.41. The molecule has 0 aromatic rings. The van der Waals surface area contributed by atoms with Crippen molar-refractivity contribution in [2.45, 2.75) is 46.0 Å². The van der Waals surface area contributed by atoms with E-state index in [1.807, 2.05) is 27.7 Å². The lowest BCUT2D eigenvalue weighted by Gasteiger charge is -2.40. The summed E-state index contributed by atoms with van der Waals surface area (Å²) in [4.78, 5) is 0. The van der Waals surface area contributed by atoms with E-state index < -0.39 is 12.1 Å². The number of rotatable bonds is 0. The highest BCUT2D eigenvalue weighted by Gasteiger charge is 2.54. The zero-order valence-electron chi connectivity index (χ0n) is 10.9. The number of piperidine rings is 1. The van der Waals surface area contributed by atoms with E-state index >= 15 is 0 Å². The van der Waals surface area contributed by atoms with Crippen molar-refractivity contribution in [3.63, 3.8) is 0 Å². The van der Waals surface area contributed by atoms with Crippen LogP contribution >= 0.6 is 0 Å². The van der Waals surface area contributed by atoms with E-state index in [0.717, 1.165) is 0 Å². The fourth-order valence-corrected chi connectivity index (χ4v) is 3.01. The van der Waals surface area contributed by atoms with Crippen LogP contribution in [0, 0.1) is 17.8 Å². The van der Waals surface area contributed by atoms with E-state index in [2.05, 4.69) is 10.6 Å². The fourth-order valence-electron chi connectivity index (χ4n) is 3.01. The summed E-state index contributed by atoms with van der Waals surface area (Å²) in [5.41, 5.74) is 0. The van der Waals surface area contributed by atoms with Crippen LogP contribution in [0.1, 0.15) is 27.7 Å². The Balaban J connectivity index is 0.000000686. The third-order valence-electron chi connectivity index (χ3n) is 3.83. The van der Waals surface area contributed by atoms with Crippen LogP contribution in [-0.4, -0.2) is 31.3 Å². The molecule has 2 rings (SSSR count). The Kier molecular flexibility index (Phi) is 4.84. The van der Waals surface area contributed by atoms with Gasteiger partial charge >= 0.3 is 6.18 Å². The molecule has 2 N–H and O–H groups in total. The first-order valence-corrected chi connectivity index (χ1v) is 6.44. The second-order valence-electron chi connectivity index (χ2n) is 4.83. The van der Waals surface area contributed by atoms with Gasteiger partial charge in [0.2, 0.25) is 0 Å². The molecule has 2 nitrogen and oxygen atoms in total. The lowest BCUT2D eigenvalue weighted by molar-refractivity contribution is -0.197. The fraction of sp³-hybridized carbons (Fsp3) is 1.00. The van der Waals surface area contributed by atoms with E-state index in [4.69, 9.17) is 0 Å². The second kappa shape index (κ2) is 5.57. The van der Waals surface area contributed by atoms with Crippen LogP contribution in [0.5, 0.6) is 0 Å². The van der Waals surface area contributed by atoms with Gasteiger partial charge in [-0.3, -0.25) is 0 Å². The van der Waals surface area contributed by atoms with Crippen molar-refractivity contribution in [2.24, 2.45) is 17.8 Å². The molecule has 2 heterocycles. The largest absolute Gasteiger partial charge is 0.393 e. The van der Waals surface area contributed by atoms with Crippen LogP contribution in [0.4, 0.5) is 13.2 Å². The van der Waals surface area contributed by atoms with Gasteiger partial charge in [-0.1, -0.05) is 20.8 Å². The summed E-state index contributed by atoms with van der Waals surface area (Å²) in [6, 6.07) is 0.110. The smallest absolute Gasteiger partial charge is 0.312 e. The van der Waals surface area contributed by atoms with Gasteiger partial charge in [-0.05, 0) is 25.3 Å². The van der Waals surface area contributed by atoms with Gasteiger partial charge in [-0.2, -0.15) is 13.2 Å². The quantitative estimate of drug-likeness (QED) is 0.692. The van der Waals surface area contributed by atoms with E-state index in [1.54, 1.807) is 0 Å². The Bertz CT molecular complexity index is 242. The Hall–Kier alpha value is -0.290. The monoisotopic (exact) mass is 252 g/mol. The van der Waals surface area contributed by atoms with Crippen LogP contribution in [0.25, 0.3) is 0 Å². The molecule has 2 aliphatic rings. The third kappa shape index (κ3) is 2.94. The molecule has 5 unspecified atom stereocenters. The number of halogens is 3. The molecule has 5 atom stereocenters. The molecule has 17 heavy (non-hydrogen) atoms. The summed E-state index contributed by atoms with van der Waals surface area (Å²) >= 11 is 0. The van der Waals surface area contributed by atoms with Crippen molar-refractivity contribution in [3.05, 3.63) is 0 Å². The Morgan fingerprint density at radius 2 is 1.59 bits per heavy atom. The first kappa shape index (κ1) is 14.8. The van der Waals surface area contributed by atoms with Crippen molar-refractivity contribution < 1.29 is 13.2 Å². The van der Waals surface area contributed by atoms with E-state index in [1.165, 1.54) is 0 Å². The normalized spacial score (nSPS) is 41.5. The maximum absolute atomic E-state index is 12.8. The molecular formula is C12H23F3N2. The molecule has 0 aliphatic carbocycles. The third-order valence-corrected chi connectivity index (χ3v) is 3.83. The number of alkyl halides is 3. The van der Waals surface area contributed by atoms with Crippen molar-refractivity contribution in [1.29, 1.82) is 0 Å². The SMILES string of the molecule is CC.CC1CNC2C(C)NCC(C(F)(F)F)C12. The lowest BCUT2D eigenvalue weighted by atomic mass is 9.75. The highest BCUT2D eigenvalue weighted by atomic mass is 19.4. The van der Waals surface area contributed by atoms with Gasteiger partial charge in [0.25, 0.3) is 0 Å². The molecule has 0 saturated carbocycles. The van der Waals surface area contributed by atoms with Gasteiger partial charge in [0.05, 0.1) is 5.92 Å². The van der Waals surface area contributed by atoms with Gasteiger partial charge in [0, 0.05) is 18.6 Å². The van der Waals surface area contributed by atoms with Crippen LogP contribution < -0.4 is 10.6 Å². The van der Waals surface area contributed by atoms with Gasteiger partial charge in [0.15, 0.2) is 0 Å². The van der Waals surface area contributed by atoms with Crippen molar-refractivity contribution >= 4 is 0 Å². The topological polar surface area (TPSA) is 24.1 Å². The molecule has 102 valence electrons. The lowest BCUT2D eigenvalue weighted by Crippen LogP contribution is -2.58. The van der Waals surface area contributed by atoms with E-state index in [9.17, 15) is 13.2 Å². The maximum atomic E-state index is 12.8. The predicted molar refractivity (Wildman–Crippen MR) is 62.8 cm³/mol. The van der Waals surface area contributed by atoms with Crippen molar-refractivity contribution in [3.8, 4) is 0 Å². The molecule has 0 radical (unpaired) electrons. The van der Waals surface area contributed by atoms with Crippen LogP contribution in [0.3, 0.4) is 0 Å². The summed E-state index contributed by atoms with van der Waals surface area (Å²) in [5, 5.41) is 6.15. The minimum absolute atomic E-state index is 0.0274. The zero-order chi connectivity index (χ0) is 13.2. The van der Waals surface area contributed by atoms with Gasteiger partial charge < -0.3 is 10.6 Å². The summed E-state index contributed by atoms with van der Waals surface area (Å²) < 4.78 is 38.4. The Morgan fingerprint density at radius 1 is 1.00 bits per heavy atom. The molecule has 0 bridgehead atoms. The van der Waals surface area contributed by atoms with Gasteiger partial charge in [-0.25, -0.2) is 0 Å². The Labute approximate surface area is 101 Å². The summed E-state index contributed by atoms with van der Waals surface area (Å²) in [6.45, 7) is 8.63. The highest BCUT2D eigenvalue weighted by Crippen LogP contribution is 2.42. The molecule has 2 fully saturated rings. The first-order valence-electron chi connectivity index (χ1n) is 6.44. The van der Waals surface area contributed by atoms with Crippen LogP contribution in [-0.2, 0) is 0 Å². The molecule has 0 amide bonds. The average Bonchev–Trinajstić information content (AvgIpc) is 2.64. The van der Waals surface area contributed by atoms with E-state index in [0.29, 0.717) is 6.54 Å². The van der Waals surface area contributed by atoms with Crippen LogP contribution in [0.2, 0.25) is 0 Å². The first-order chi connectivity index (χ1) is 7.91. The maximum Gasteiger partial charge on any atom is 0.393 e. The average molecular weight is 252 g/mol. The summed E-state index contributed by atoms with van der Waals surface area (Å²) in [6.07, 6.45) is -4.07. The van der Waals surface area contributed by atoms with Crippen molar-refractivity contribution in [2.75, 3.05) is 13.1 Å². The zero-order valence-corrected chi connectivity index (χ0v) is 10.9. The number of hydrogen-bond donors (Lipinski definition) is 2. The molecule has 2 saturated heterocycles. The van der Waals surface area contributed by atoms with Gasteiger partial charge in [0.1, 0.15) is 0 Å². The molecular weight excluding hydrogens is 229 g/mol. The second-order valence-corrected chi connectivity index (χ2v) is 4.83. The standard InChI is InChI=1S/C10H17F3N2.C2H6/c1-5-3-15-9-6(2)14-4-7(8(5)9)10(11,12)13;1-2/h5-9,14-15H,3-4H2,1-2H3;1-2H3. The van der Waals surface area contributed by atoms with E-state index in [-0.39, 0.29) is 30.5 Å². The molecule has 0 spiro atoms. The van der Waals surface area contributed by atoms with Gasteiger partial charge in [-0.15, -0.1) is 0 Å².